The molecule has 4 rings (SSSR count). The van der Waals surface area contributed by atoms with Crippen LogP contribution in [0.2, 0.25) is 0 Å². The highest BCUT2D eigenvalue weighted by molar-refractivity contribution is 5.79. The van der Waals surface area contributed by atoms with E-state index in [0.29, 0.717) is 0 Å². The third kappa shape index (κ3) is 3.84. The van der Waals surface area contributed by atoms with E-state index < -0.39 is 0 Å². The first-order valence-corrected chi connectivity index (χ1v) is 9.59. The molecule has 0 aliphatic rings. The minimum atomic E-state index is 0.139. The van der Waals surface area contributed by atoms with Gasteiger partial charge in [-0.05, 0) is 23.1 Å². The van der Waals surface area contributed by atoms with Crippen molar-refractivity contribution in [3.05, 3.63) is 90.5 Å². The Morgan fingerprint density at radius 3 is 1.86 bits per heavy atom. The lowest BCUT2D eigenvalue weighted by molar-refractivity contribution is 0.590. The number of H-pyrrole nitrogens is 1. The normalized spacial score (nSPS) is 11.4. The van der Waals surface area contributed by atoms with Crippen molar-refractivity contribution in [2.24, 2.45) is 0 Å². The molecule has 0 unspecified atom stereocenters. The van der Waals surface area contributed by atoms with E-state index in [1.807, 2.05) is 36.4 Å². The Morgan fingerprint density at radius 2 is 1.29 bits per heavy atom. The zero-order valence-corrected chi connectivity index (χ0v) is 16.5. The van der Waals surface area contributed by atoms with E-state index in [-0.39, 0.29) is 5.41 Å². The number of hydrogen-bond donors (Lipinski definition) is 2. The number of aromatic amines is 1. The molecule has 3 nitrogen and oxygen atoms in total. The number of nitrogens with zero attached hydrogens (tertiary/aromatic N) is 1. The number of nitrogens with one attached hydrogen (secondary N) is 2. The van der Waals surface area contributed by atoms with Crippen LogP contribution in [0.5, 0.6) is 0 Å². The molecule has 0 saturated heterocycles. The van der Waals surface area contributed by atoms with Crippen LogP contribution in [0.25, 0.3) is 22.6 Å². The summed E-state index contributed by atoms with van der Waals surface area (Å²) >= 11 is 0. The van der Waals surface area contributed by atoms with Gasteiger partial charge in [0, 0.05) is 16.8 Å². The van der Waals surface area contributed by atoms with Gasteiger partial charge in [0.2, 0.25) is 0 Å². The van der Waals surface area contributed by atoms with Crippen LogP contribution in [-0.4, -0.2) is 9.97 Å². The number of rotatable bonds is 4. The Morgan fingerprint density at radius 1 is 0.714 bits per heavy atom. The molecule has 28 heavy (non-hydrogen) atoms. The average Bonchev–Trinajstić information content (AvgIpc) is 3.13. The fraction of sp³-hybridized carbons (Fsp3) is 0.160. The van der Waals surface area contributed by atoms with Gasteiger partial charge in [0.05, 0.1) is 5.69 Å². The van der Waals surface area contributed by atoms with Gasteiger partial charge in [0.25, 0.3) is 0 Å². The van der Waals surface area contributed by atoms with E-state index in [2.05, 4.69) is 79.6 Å². The maximum Gasteiger partial charge on any atom is 0.157 e. The number of hydrogen-bond acceptors (Lipinski definition) is 2. The molecule has 0 spiro atoms. The molecule has 0 aliphatic carbocycles. The molecule has 3 heteroatoms. The van der Waals surface area contributed by atoms with Crippen LogP contribution in [0, 0.1) is 0 Å². The lowest BCUT2D eigenvalue weighted by Gasteiger charge is -2.19. The van der Waals surface area contributed by atoms with Crippen LogP contribution in [-0.2, 0) is 5.41 Å². The van der Waals surface area contributed by atoms with Gasteiger partial charge in [0.15, 0.2) is 5.82 Å². The molecule has 0 saturated carbocycles. The Labute approximate surface area is 166 Å². The van der Waals surface area contributed by atoms with E-state index in [4.69, 9.17) is 4.98 Å². The second-order valence-electron chi connectivity index (χ2n) is 7.99. The standard InChI is InChI=1S/C25H25N3/c1-25(2,3)20-14-16-21(17-15-20)26-24-22(18-10-6-4-7-11-18)27-23(28-24)19-12-8-5-9-13-19/h4-17,26H,1-3H3,(H,27,28). The molecule has 0 amide bonds. The summed E-state index contributed by atoms with van der Waals surface area (Å²) in [6.45, 7) is 6.67. The van der Waals surface area contributed by atoms with E-state index in [1.165, 1.54) is 5.56 Å². The van der Waals surface area contributed by atoms with Crippen LogP contribution < -0.4 is 5.32 Å². The lowest BCUT2D eigenvalue weighted by Crippen LogP contribution is -2.10. The smallest absolute Gasteiger partial charge is 0.157 e. The molecule has 0 aliphatic heterocycles. The quantitative estimate of drug-likeness (QED) is 0.417. The first-order valence-electron chi connectivity index (χ1n) is 9.59. The molecule has 0 fully saturated rings. The molecule has 140 valence electrons. The number of imidazole rings is 1. The minimum absolute atomic E-state index is 0.139. The first kappa shape index (κ1) is 18.1. The van der Waals surface area contributed by atoms with Crippen molar-refractivity contribution >= 4 is 11.5 Å². The molecule has 1 heterocycles. The molecule has 0 radical (unpaired) electrons. The molecule has 3 aromatic carbocycles. The maximum absolute atomic E-state index is 4.86. The van der Waals surface area contributed by atoms with Crippen LogP contribution in [0.15, 0.2) is 84.9 Å². The lowest BCUT2D eigenvalue weighted by atomic mass is 9.87. The predicted molar refractivity (Wildman–Crippen MR) is 118 cm³/mol. The molecule has 4 aromatic rings. The number of aromatic nitrogens is 2. The van der Waals surface area contributed by atoms with Crippen molar-refractivity contribution in [2.45, 2.75) is 26.2 Å². The minimum Gasteiger partial charge on any atom is -0.338 e. The van der Waals surface area contributed by atoms with Gasteiger partial charge in [-0.2, -0.15) is 0 Å². The zero-order chi connectivity index (χ0) is 19.6. The van der Waals surface area contributed by atoms with Crippen molar-refractivity contribution in [3.63, 3.8) is 0 Å². The number of benzene rings is 3. The van der Waals surface area contributed by atoms with Crippen molar-refractivity contribution in [1.82, 2.24) is 9.97 Å². The van der Waals surface area contributed by atoms with Crippen LogP contribution in [0.3, 0.4) is 0 Å². The summed E-state index contributed by atoms with van der Waals surface area (Å²) < 4.78 is 0. The van der Waals surface area contributed by atoms with Crippen LogP contribution >= 0.6 is 0 Å². The molecule has 1 aromatic heterocycles. The molecular formula is C25H25N3. The van der Waals surface area contributed by atoms with Gasteiger partial charge >= 0.3 is 0 Å². The van der Waals surface area contributed by atoms with Gasteiger partial charge in [-0.25, -0.2) is 4.98 Å². The van der Waals surface area contributed by atoms with Gasteiger partial charge in [-0.3, -0.25) is 0 Å². The molecule has 0 bridgehead atoms. The highest BCUT2D eigenvalue weighted by Crippen LogP contribution is 2.32. The van der Waals surface area contributed by atoms with Gasteiger partial charge in [-0.15, -0.1) is 0 Å². The van der Waals surface area contributed by atoms with E-state index >= 15 is 0 Å². The fourth-order valence-corrected chi connectivity index (χ4v) is 3.20. The predicted octanol–water partition coefficient (Wildman–Crippen LogP) is 6.78. The summed E-state index contributed by atoms with van der Waals surface area (Å²) in [5.74, 6) is 1.68. The number of anilines is 2. The SMILES string of the molecule is CC(C)(C)c1ccc(Nc2nc(-c3ccccc3)[nH]c2-c2ccccc2)cc1. The van der Waals surface area contributed by atoms with Gasteiger partial charge < -0.3 is 10.3 Å². The summed E-state index contributed by atoms with van der Waals surface area (Å²) in [5, 5.41) is 3.50. The summed E-state index contributed by atoms with van der Waals surface area (Å²) in [4.78, 5) is 8.35. The van der Waals surface area contributed by atoms with E-state index in [9.17, 15) is 0 Å². The fourth-order valence-electron chi connectivity index (χ4n) is 3.20. The van der Waals surface area contributed by atoms with Crippen molar-refractivity contribution in [3.8, 4) is 22.6 Å². The average molecular weight is 367 g/mol. The summed E-state index contributed by atoms with van der Waals surface area (Å²) in [5.41, 5.74) is 5.63. The summed E-state index contributed by atoms with van der Waals surface area (Å²) in [6, 6.07) is 29.1. The largest absolute Gasteiger partial charge is 0.338 e. The molecule has 2 N–H and O–H groups in total. The second-order valence-corrected chi connectivity index (χ2v) is 7.99. The summed E-state index contributed by atoms with van der Waals surface area (Å²) in [6.07, 6.45) is 0. The van der Waals surface area contributed by atoms with Crippen LogP contribution in [0.4, 0.5) is 11.5 Å². The third-order valence-electron chi connectivity index (χ3n) is 4.83. The van der Waals surface area contributed by atoms with Gasteiger partial charge in [0.1, 0.15) is 5.82 Å². The highest BCUT2D eigenvalue weighted by Gasteiger charge is 2.15. The second kappa shape index (κ2) is 7.35. The zero-order valence-electron chi connectivity index (χ0n) is 16.5. The van der Waals surface area contributed by atoms with E-state index in [1.54, 1.807) is 0 Å². The van der Waals surface area contributed by atoms with Crippen molar-refractivity contribution in [1.29, 1.82) is 0 Å². The maximum atomic E-state index is 4.86. The third-order valence-corrected chi connectivity index (χ3v) is 4.83. The topological polar surface area (TPSA) is 40.7 Å². The molecular weight excluding hydrogens is 342 g/mol. The highest BCUT2D eigenvalue weighted by atomic mass is 15.1. The summed E-state index contributed by atoms with van der Waals surface area (Å²) in [7, 11) is 0. The Bertz CT molecular complexity index is 1040. The van der Waals surface area contributed by atoms with Crippen molar-refractivity contribution < 1.29 is 0 Å². The van der Waals surface area contributed by atoms with Crippen molar-refractivity contribution in [2.75, 3.05) is 5.32 Å². The first-order chi connectivity index (χ1) is 13.5. The van der Waals surface area contributed by atoms with E-state index in [0.717, 1.165) is 34.2 Å². The Hall–Kier alpha value is -3.33. The molecule has 0 atom stereocenters. The Balaban J connectivity index is 1.72. The monoisotopic (exact) mass is 367 g/mol. The Kier molecular flexibility index (Phi) is 4.74. The van der Waals surface area contributed by atoms with Crippen LogP contribution in [0.1, 0.15) is 26.3 Å². The van der Waals surface area contributed by atoms with Gasteiger partial charge in [-0.1, -0.05) is 93.6 Å².